The molecule has 0 aromatic heterocycles. The van der Waals surface area contributed by atoms with Crippen molar-refractivity contribution in [3.8, 4) is 0 Å². The van der Waals surface area contributed by atoms with Gasteiger partial charge >= 0.3 is 0 Å². The van der Waals surface area contributed by atoms with Crippen molar-refractivity contribution < 1.29 is 0 Å². The summed E-state index contributed by atoms with van der Waals surface area (Å²) in [6, 6.07) is 0. The highest BCUT2D eigenvalue weighted by molar-refractivity contribution is 5.01. The monoisotopic (exact) mass is 266 g/mol. The molecule has 0 N–H and O–H groups in total. The van der Waals surface area contributed by atoms with E-state index < -0.39 is 0 Å². The highest BCUT2D eigenvalue weighted by atomic mass is 14.3. The van der Waals surface area contributed by atoms with Gasteiger partial charge in [-0.2, -0.15) is 0 Å². The molecule has 0 aliphatic heterocycles. The summed E-state index contributed by atoms with van der Waals surface area (Å²) in [4.78, 5) is 0. The molecule has 0 aromatic rings. The lowest BCUT2D eigenvalue weighted by Crippen LogP contribution is -2.21. The van der Waals surface area contributed by atoms with Crippen LogP contribution in [-0.4, -0.2) is 0 Å². The Labute approximate surface area is 123 Å². The Hall–Kier alpha value is -0.260. The fraction of sp³-hybridized carbons (Fsp3) is 0.895. The molecule has 1 atom stereocenters. The molecule has 0 heterocycles. The average molecular weight is 267 g/mol. The normalized spacial score (nSPS) is 15.1. The third kappa shape index (κ3) is 9.30. The number of hydrogen-bond acceptors (Lipinski definition) is 0. The van der Waals surface area contributed by atoms with Gasteiger partial charge in [0, 0.05) is 0 Å². The predicted molar refractivity (Wildman–Crippen MR) is 89.5 cm³/mol. The number of allylic oxidation sites excluding steroid dienone is 2. The van der Waals surface area contributed by atoms with Gasteiger partial charge in [-0.15, -0.1) is 0 Å². The van der Waals surface area contributed by atoms with Gasteiger partial charge in [0.15, 0.2) is 0 Å². The minimum atomic E-state index is 0.449. The Balaban J connectivity index is 4.13. The molecule has 0 saturated heterocycles. The van der Waals surface area contributed by atoms with Crippen LogP contribution >= 0.6 is 0 Å². The smallest absolute Gasteiger partial charge is 0.0294 e. The first-order valence-electron chi connectivity index (χ1n) is 8.45. The lowest BCUT2D eigenvalue weighted by atomic mass is 9.74. The minimum Gasteiger partial charge on any atom is -0.0851 e. The van der Waals surface area contributed by atoms with E-state index in [0.717, 1.165) is 11.8 Å². The molecule has 0 bridgehead atoms. The number of rotatable bonds is 10. The summed E-state index contributed by atoms with van der Waals surface area (Å²) < 4.78 is 0. The van der Waals surface area contributed by atoms with E-state index in [-0.39, 0.29) is 0 Å². The van der Waals surface area contributed by atoms with E-state index in [1.165, 1.54) is 44.9 Å². The third-order valence-corrected chi connectivity index (χ3v) is 4.53. The van der Waals surface area contributed by atoms with E-state index in [9.17, 15) is 0 Å². The van der Waals surface area contributed by atoms with Crippen LogP contribution in [0.2, 0.25) is 0 Å². The molecule has 114 valence electrons. The van der Waals surface area contributed by atoms with Gasteiger partial charge in [-0.3, -0.25) is 0 Å². The maximum atomic E-state index is 2.49. The Morgan fingerprint density at radius 2 is 1.68 bits per heavy atom. The van der Waals surface area contributed by atoms with Crippen LogP contribution in [0.5, 0.6) is 0 Å². The summed E-state index contributed by atoms with van der Waals surface area (Å²) in [5.41, 5.74) is 2.02. The second kappa shape index (κ2) is 9.61. The zero-order valence-electron chi connectivity index (χ0n) is 14.7. The van der Waals surface area contributed by atoms with Gasteiger partial charge < -0.3 is 0 Å². The number of unbranched alkanes of at least 4 members (excludes halogenated alkanes) is 3. The van der Waals surface area contributed by atoms with Crippen molar-refractivity contribution in [3.05, 3.63) is 11.6 Å². The molecule has 0 fully saturated rings. The summed E-state index contributed by atoms with van der Waals surface area (Å²) in [6.07, 6.45) is 11.9. The highest BCUT2D eigenvalue weighted by Gasteiger charge is 2.24. The Morgan fingerprint density at radius 3 is 2.21 bits per heavy atom. The molecule has 0 aliphatic carbocycles. The van der Waals surface area contributed by atoms with Crippen molar-refractivity contribution in [1.82, 2.24) is 0 Å². The molecule has 0 amide bonds. The highest BCUT2D eigenvalue weighted by Crippen LogP contribution is 2.35. The van der Waals surface area contributed by atoms with Gasteiger partial charge in [-0.1, -0.05) is 85.3 Å². The van der Waals surface area contributed by atoms with Crippen LogP contribution in [0, 0.1) is 17.3 Å². The van der Waals surface area contributed by atoms with Crippen LogP contribution in [0.15, 0.2) is 11.6 Å². The first kappa shape index (κ1) is 18.7. The van der Waals surface area contributed by atoms with Crippen LogP contribution in [0.4, 0.5) is 0 Å². The minimum absolute atomic E-state index is 0.449. The van der Waals surface area contributed by atoms with Crippen LogP contribution in [-0.2, 0) is 0 Å². The third-order valence-electron chi connectivity index (χ3n) is 4.53. The van der Waals surface area contributed by atoms with Crippen LogP contribution in [0.3, 0.4) is 0 Å². The lowest BCUT2D eigenvalue weighted by Gasteiger charge is -2.31. The van der Waals surface area contributed by atoms with Crippen molar-refractivity contribution in [2.45, 2.75) is 93.4 Å². The van der Waals surface area contributed by atoms with E-state index in [1.807, 2.05) is 0 Å². The molecule has 0 saturated carbocycles. The zero-order chi connectivity index (χ0) is 14.9. The van der Waals surface area contributed by atoms with Crippen LogP contribution < -0.4 is 0 Å². The first-order valence-corrected chi connectivity index (χ1v) is 8.45. The van der Waals surface area contributed by atoms with Crippen molar-refractivity contribution in [2.75, 3.05) is 0 Å². The van der Waals surface area contributed by atoms with Gasteiger partial charge in [0.25, 0.3) is 0 Å². The van der Waals surface area contributed by atoms with Gasteiger partial charge in [0.2, 0.25) is 0 Å². The van der Waals surface area contributed by atoms with E-state index in [0.29, 0.717) is 5.41 Å². The fourth-order valence-corrected chi connectivity index (χ4v) is 2.63. The summed E-state index contributed by atoms with van der Waals surface area (Å²) in [5.74, 6) is 1.61. The molecule has 0 heteroatoms. The molecule has 19 heavy (non-hydrogen) atoms. The summed E-state index contributed by atoms with van der Waals surface area (Å²) in [7, 11) is 0. The Kier molecular flexibility index (Phi) is 9.48. The van der Waals surface area contributed by atoms with E-state index in [1.54, 1.807) is 5.57 Å². The van der Waals surface area contributed by atoms with E-state index in [4.69, 9.17) is 0 Å². The van der Waals surface area contributed by atoms with Gasteiger partial charge in [0.1, 0.15) is 0 Å². The van der Waals surface area contributed by atoms with Crippen LogP contribution in [0.1, 0.15) is 93.4 Å². The van der Waals surface area contributed by atoms with Gasteiger partial charge in [-0.05, 0) is 37.0 Å². The predicted octanol–water partition coefficient (Wildman–Crippen LogP) is 7.00. The molecule has 0 rings (SSSR count). The summed E-state index contributed by atoms with van der Waals surface area (Å²) >= 11 is 0. The standard InChI is InChI=1S/C19H38/c1-8-9-10-11-12-18(5)19(6,7)14-13-17(4)15-16(2)3/h13,16,18H,8-12,14-15H2,1-7H3. The maximum absolute atomic E-state index is 2.49. The first-order chi connectivity index (χ1) is 8.79. The maximum Gasteiger partial charge on any atom is -0.0294 e. The van der Waals surface area contributed by atoms with Crippen molar-refractivity contribution >= 4 is 0 Å². The lowest BCUT2D eigenvalue weighted by molar-refractivity contribution is 0.215. The Morgan fingerprint density at radius 1 is 1.05 bits per heavy atom. The Bertz CT molecular complexity index is 245. The molecular formula is C19H38. The topological polar surface area (TPSA) is 0 Å². The molecular weight excluding hydrogens is 228 g/mol. The molecule has 0 aliphatic rings. The zero-order valence-corrected chi connectivity index (χ0v) is 14.7. The van der Waals surface area contributed by atoms with Crippen molar-refractivity contribution in [2.24, 2.45) is 17.3 Å². The van der Waals surface area contributed by atoms with E-state index in [2.05, 4.69) is 54.5 Å². The van der Waals surface area contributed by atoms with E-state index >= 15 is 0 Å². The second-order valence-electron chi connectivity index (χ2n) is 7.59. The van der Waals surface area contributed by atoms with Crippen LogP contribution in [0.25, 0.3) is 0 Å². The fourth-order valence-electron chi connectivity index (χ4n) is 2.63. The van der Waals surface area contributed by atoms with Gasteiger partial charge in [0.05, 0.1) is 0 Å². The SMILES string of the molecule is CCCCCCC(C)C(C)(C)CC=C(C)CC(C)C. The summed E-state index contributed by atoms with van der Waals surface area (Å²) in [6.45, 7) is 16.5. The number of hydrogen-bond donors (Lipinski definition) is 0. The molecule has 1 unspecified atom stereocenters. The molecule has 0 radical (unpaired) electrons. The second-order valence-corrected chi connectivity index (χ2v) is 7.59. The average Bonchev–Trinajstić information content (AvgIpc) is 2.31. The quantitative estimate of drug-likeness (QED) is 0.295. The molecule has 0 aromatic carbocycles. The summed E-state index contributed by atoms with van der Waals surface area (Å²) in [5, 5.41) is 0. The van der Waals surface area contributed by atoms with Gasteiger partial charge in [-0.25, -0.2) is 0 Å². The molecule has 0 spiro atoms. The van der Waals surface area contributed by atoms with Crippen molar-refractivity contribution in [3.63, 3.8) is 0 Å². The molecule has 0 nitrogen and oxygen atoms in total. The largest absolute Gasteiger partial charge is 0.0851 e. The van der Waals surface area contributed by atoms with Crippen molar-refractivity contribution in [1.29, 1.82) is 0 Å².